The summed E-state index contributed by atoms with van der Waals surface area (Å²) in [7, 11) is 0. The molecule has 1 saturated carbocycles. The fourth-order valence-corrected chi connectivity index (χ4v) is 2.10. The summed E-state index contributed by atoms with van der Waals surface area (Å²) in [5.74, 6) is -0.181. The van der Waals surface area contributed by atoms with Gasteiger partial charge >= 0.3 is 0 Å². The monoisotopic (exact) mass is 158 g/mol. The van der Waals surface area contributed by atoms with E-state index in [0.29, 0.717) is 13.2 Å². The maximum Gasteiger partial charge on any atom is 0.173 e. The van der Waals surface area contributed by atoms with Crippen LogP contribution in [0.2, 0.25) is 0 Å². The molecule has 0 amide bonds. The van der Waals surface area contributed by atoms with Crippen molar-refractivity contribution in [3.8, 4) is 0 Å². The van der Waals surface area contributed by atoms with Crippen molar-refractivity contribution in [2.45, 2.75) is 25.0 Å². The molecule has 3 heteroatoms. The molecule has 1 aliphatic carbocycles. The van der Waals surface area contributed by atoms with Crippen LogP contribution >= 0.6 is 0 Å². The number of ether oxygens (including phenoxy) is 2. The van der Waals surface area contributed by atoms with Crippen LogP contribution in [0.1, 0.15) is 19.3 Å². The summed E-state index contributed by atoms with van der Waals surface area (Å²) in [6, 6.07) is 0. The lowest BCUT2D eigenvalue weighted by molar-refractivity contribution is -0.188. The fraction of sp³-hybridized carbons (Fsp3) is 1.00. The Morgan fingerprint density at radius 1 is 1.36 bits per heavy atom. The first-order chi connectivity index (χ1) is 5.37. The Morgan fingerprint density at radius 3 is 2.73 bits per heavy atom. The Kier molecular flexibility index (Phi) is 1.87. The summed E-state index contributed by atoms with van der Waals surface area (Å²) in [5, 5.41) is 9.03. The predicted molar refractivity (Wildman–Crippen MR) is 39.1 cm³/mol. The Hall–Kier alpha value is -0.120. The highest BCUT2D eigenvalue weighted by Crippen LogP contribution is 2.41. The first kappa shape index (κ1) is 7.53. The van der Waals surface area contributed by atoms with Gasteiger partial charge in [-0.15, -0.1) is 0 Å². The minimum absolute atomic E-state index is 0.194. The standard InChI is InChI=1S/C8H14O3/c9-6-7-2-1-3-8(7)10-4-5-11-8/h7,9H,1-6H2/t7-/m1/s1. The highest BCUT2D eigenvalue weighted by atomic mass is 16.7. The number of rotatable bonds is 1. The normalized spacial score (nSPS) is 35.2. The van der Waals surface area contributed by atoms with E-state index in [-0.39, 0.29) is 12.5 Å². The number of hydrogen-bond donors (Lipinski definition) is 1. The molecule has 0 bridgehead atoms. The first-order valence-corrected chi connectivity index (χ1v) is 4.26. The van der Waals surface area contributed by atoms with Gasteiger partial charge in [0.2, 0.25) is 0 Å². The molecule has 1 saturated heterocycles. The van der Waals surface area contributed by atoms with Gasteiger partial charge in [-0.3, -0.25) is 0 Å². The van der Waals surface area contributed by atoms with E-state index >= 15 is 0 Å². The highest BCUT2D eigenvalue weighted by Gasteiger charge is 2.47. The van der Waals surface area contributed by atoms with E-state index in [1.54, 1.807) is 0 Å². The number of aliphatic hydroxyl groups is 1. The molecule has 1 atom stereocenters. The van der Waals surface area contributed by atoms with Gasteiger partial charge in [0.25, 0.3) is 0 Å². The van der Waals surface area contributed by atoms with Crippen molar-refractivity contribution >= 4 is 0 Å². The van der Waals surface area contributed by atoms with Gasteiger partial charge in [-0.25, -0.2) is 0 Å². The van der Waals surface area contributed by atoms with E-state index in [4.69, 9.17) is 14.6 Å². The van der Waals surface area contributed by atoms with Crippen molar-refractivity contribution in [3.63, 3.8) is 0 Å². The van der Waals surface area contributed by atoms with Gasteiger partial charge in [-0.05, 0) is 12.8 Å². The SMILES string of the molecule is OC[C@H]1CCCC12OCCO2. The first-order valence-electron chi connectivity index (χ1n) is 4.26. The molecule has 0 unspecified atom stereocenters. The fourth-order valence-electron chi connectivity index (χ4n) is 2.10. The molecule has 11 heavy (non-hydrogen) atoms. The quantitative estimate of drug-likeness (QED) is 0.604. The predicted octanol–water partition coefficient (Wildman–Crippen LogP) is 0.522. The minimum atomic E-state index is -0.394. The minimum Gasteiger partial charge on any atom is -0.396 e. The molecule has 2 fully saturated rings. The van der Waals surface area contributed by atoms with Gasteiger partial charge in [-0.2, -0.15) is 0 Å². The summed E-state index contributed by atoms with van der Waals surface area (Å²) in [4.78, 5) is 0. The van der Waals surface area contributed by atoms with Crippen LogP contribution in [0.3, 0.4) is 0 Å². The lowest BCUT2D eigenvalue weighted by atomic mass is 10.0. The van der Waals surface area contributed by atoms with Gasteiger partial charge in [0, 0.05) is 12.3 Å². The van der Waals surface area contributed by atoms with E-state index in [1.807, 2.05) is 0 Å². The third kappa shape index (κ3) is 1.08. The smallest absolute Gasteiger partial charge is 0.173 e. The van der Waals surface area contributed by atoms with Crippen molar-refractivity contribution in [1.82, 2.24) is 0 Å². The molecule has 1 heterocycles. The van der Waals surface area contributed by atoms with Crippen LogP contribution in [0.15, 0.2) is 0 Å². The zero-order valence-corrected chi connectivity index (χ0v) is 6.58. The van der Waals surface area contributed by atoms with Crippen molar-refractivity contribution in [1.29, 1.82) is 0 Å². The summed E-state index contributed by atoms with van der Waals surface area (Å²) in [6.07, 6.45) is 3.11. The Labute approximate surface area is 66.3 Å². The third-order valence-electron chi connectivity index (χ3n) is 2.70. The van der Waals surface area contributed by atoms with E-state index in [0.717, 1.165) is 19.3 Å². The maximum atomic E-state index is 9.03. The van der Waals surface area contributed by atoms with E-state index in [2.05, 4.69) is 0 Å². The van der Waals surface area contributed by atoms with Crippen LogP contribution in [-0.4, -0.2) is 30.7 Å². The van der Waals surface area contributed by atoms with Gasteiger partial charge in [0.05, 0.1) is 19.8 Å². The average molecular weight is 158 g/mol. The van der Waals surface area contributed by atoms with Crippen LogP contribution in [0, 0.1) is 5.92 Å². The van der Waals surface area contributed by atoms with Crippen molar-refractivity contribution in [3.05, 3.63) is 0 Å². The van der Waals surface area contributed by atoms with E-state index < -0.39 is 5.79 Å². The van der Waals surface area contributed by atoms with Crippen LogP contribution in [0.5, 0.6) is 0 Å². The van der Waals surface area contributed by atoms with Gasteiger partial charge in [-0.1, -0.05) is 0 Å². The van der Waals surface area contributed by atoms with Crippen molar-refractivity contribution < 1.29 is 14.6 Å². The van der Waals surface area contributed by atoms with Crippen LogP contribution in [-0.2, 0) is 9.47 Å². The van der Waals surface area contributed by atoms with Crippen LogP contribution in [0.25, 0.3) is 0 Å². The average Bonchev–Trinajstić information content (AvgIpc) is 2.62. The summed E-state index contributed by atoms with van der Waals surface area (Å²) >= 11 is 0. The van der Waals surface area contributed by atoms with Crippen molar-refractivity contribution in [2.24, 2.45) is 5.92 Å². The second kappa shape index (κ2) is 2.73. The second-order valence-corrected chi connectivity index (χ2v) is 3.28. The summed E-state index contributed by atoms with van der Waals surface area (Å²) < 4.78 is 11.0. The van der Waals surface area contributed by atoms with Crippen molar-refractivity contribution in [2.75, 3.05) is 19.8 Å². The van der Waals surface area contributed by atoms with Gasteiger partial charge in [0.1, 0.15) is 0 Å². The summed E-state index contributed by atoms with van der Waals surface area (Å²) in [5.41, 5.74) is 0. The molecule has 1 spiro atoms. The second-order valence-electron chi connectivity index (χ2n) is 3.28. The Bertz CT molecular complexity index is 135. The van der Waals surface area contributed by atoms with E-state index in [9.17, 15) is 0 Å². The highest BCUT2D eigenvalue weighted by molar-refractivity contribution is 4.88. The number of hydrogen-bond acceptors (Lipinski definition) is 3. The van der Waals surface area contributed by atoms with Crippen LogP contribution in [0.4, 0.5) is 0 Å². The molecule has 0 aromatic heterocycles. The van der Waals surface area contributed by atoms with Crippen LogP contribution < -0.4 is 0 Å². The molecule has 1 aliphatic heterocycles. The molecule has 2 aliphatic rings. The lowest BCUT2D eigenvalue weighted by Gasteiger charge is -2.27. The van der Waals surface area contributed by atoms with E-state index in [1.165, 1.54) is 0 Å². The molecule has 2 rings (SSSR count). The number of aliphatic hydroxyl groups excluding tert-OH is 1. The largest absolute Gasteiger partial charge is 0.396 e. The van der Waals surface area contributed by atoms with Gasteiger partial charge in [0.15, 0.2) is 5.79 Å². The Morgan fingerprint density at radius 2 is 2.09 bits per heavy atom. The molecular formula is C8H14O3. The topological polar surface area (TPSA) is 38.7 Å². The molecular weight excluding hydrogens is 144 g/mol. The zero-order valence-electron chi connectivity index (χ0n) is 6.58. The molecule has 1 N–H and O–H groups in total. The lowest BCUT2D eigenvalue weighted by Crippen LogP contribution is -2.36. The third-order valence-corrected chi connectivity index (χ3v) is 2.70. The molecule has 64 valence electrons. The maximum absolute atomic E-state index is 9.03. The molecule has 0 radical (unpaired) electrons. The van der Waals surface area contributed by atoms with Gasteiger partial charge < -0.3 is 14.6 Å². The Balaban J connectivity index is 2.09. The zero-order chi connectivity index (χ0) is 7.73. The molecule has 0 aromatic carbocycles. The molecule has 0 aromatic rings. The summed E-state index contributed by atoms with van der Waals surface area (Å²) in [6.45, 7) is 1.58. The molecule has 3 nitrogen and oxygen atoms in total.